The van der Waals surface area contributed by atoms with Crippen molar-refractivity contribution in [1.29, 1.82) is 0 Å². The molecule has 0 aliphatic heterocycles. The van der Waals surface area contributed by atoms with E-state index in [4.69, 9.17) is 0 Å². The largest absolute Gasteiger partial charge is 0.390 e. The van der Waals surface area contributed by atoms with Gasteiger partial charge in [-0.1, -0.05) is 33.1 Å². The summed E-state index contributed by atoms with van der Waals surface area (Å²) < 4.78 is 0. The van der Waals surface area contributed by atoms with Gasteiger partial charge in [0.15, 0.2) is 0 Å². The zero-order valence-electron chi connectivity index (χ0n) is 10.4. The van der Waals surface area contributed by atoms with Crippen molar-refractivity contribution >= 4 is 0 Å². The molecule has 1 N–H and O–H groups in total. The minimum Gasteiger partial charge on any atom is -0.390 e. The van der Waals surface area contributed by atoms with Crippen LogP contribution in [0.3, 0.4) is 0 Å². The van der Waals surface area contributed by atoms with Gasteiger partial charge in [0.2, 0.25) is 0 Å². The summed E-state index contributed by atoms with van der Waals surface area (Å²) in [5.74, 6) is 0.963. The third-order valence-electron chi connectivity index (χ3n) is 4.48. The summed E-state index contributed by atoms with van der Waals surface area (Å²) in [7, 11) is 0. The fraction of sp³-hybridized carbons (Fsp3) is 1.00. The summed E-state index contributed by atoms with van der Waals surface area (Å²) in [5, 5.41) is 10.6. The SMILES string of the molecule is CC1(C)CCCC(O)(CCC2CC2)CC1. The fourth-order valence-corrected chi connectivity index (χ4v) is 2.85. The topological polar surface area (TPSA) is 20.2 Å². The highest BCUT2D eigenvalue weighted by atomic mass is 16.3. The molecule has 0 amide bonds. The summed E-state index contributed by atoms with van der Waals surface area (Å²) >= 11 is 0. The highest BCUT2D eigenvalue weighted by molar-refractivity contribution is 4.88. The van der Waals surface area contributed by atoms with Crippen LogP contribution in [0.15, 0.2) is 0 Å². The summed E-state index contributed by atoms with van der Waals surface area (Å²) in [6, 6.07) is 0. The molecule has 1 atom stereocenters. The van der Waals surface area contributed by atoms with Crippen LogP contribution in [0.5, 0.6) is 0 Å². The van der Waals surface area contributed by atoms with Crippen LogP contribution in [0.4, 0.5) is 0 Å². The van der Waals surface area contributed by atoms with Crippen molar-refractivity contribution < 1.29 is 5.11 Å². The Morgan fingerprint density at radius 1 is 1.07 bits per heavy atom. The Morgan fingerprint density at radius 3 is 2.47 bits per heavy atom. The molecule has 15 heavy (non-hydrogen) atoms. The zero-order valence-corrected chi connectivity index (χ0v) is 10.4. The first kappa shape index (κ1) is 11.4. The molecule has 88 valence electrons. The smallest absolute Gasteiger partial charge is 0.0648 e. The molecule has 2 aliphatic carbocycles. The number of hydrogen-bond acceptors (Lipinski definition) is 1. The van der Waals surface area contributed by atoms with E-state index in [9.17, 15) is 5.11 Å². The van der Waals surface area contributed by atoms with Crippen molar-refractivity contribution in [2.24, 2.45) is 11.3 Å². The maximum Gasteiger partial charge on any atom is 0.0648 e. The van der Waals surface area contributed by atoms with E-state index in [0.717, 1.165) is 25.2 Å². The fourth-order valence-electron chi connectivity index (χ4n) is 2.85. The van der Waals surface area contributed by atoms with E-state index in [0.29, 0.717) is 5.41 Å². The maximum atomic E-state index is 10.6. The molecule has 0 aromatic heterocycles. The Labute approximate surface area is 94.3 Å². The van der Waals surface area contributed by atoms with Gasteiger partial charge in [-0.05, 0) is 49.9 Å². The average Bonchev–Trinajstić information content (AvgIpc) is 2.94. The number of rotatable bonds is 3. The third-order valence-corrected chi connectivity index (χ3v) is 4.48. The molecule has 2 fully saturated rings. The summed E-state index contributed by atoms with van der Waals surface area (Å²) in [5.41, 5.74) is 0.153. The lowest BCUT2D eigenvalue weighted by atomic mass is 9.83. The second-order valence-electron chi connectivity index (χ2n) is 6.72. The van der Waals surface area contributed by atoms with Crippen LogP contribution >= 0.6 is 0 Å². The van der Waals surface area contributed by atoms with Crippen molar-refractivity contribution in [3.8, 4) is 0 Å². The van der Waals surface area contributed by atoms with Gasteiger partial charge >= 0.3 is 0 Å². The predicted octanol–water partition coefficient (Wildman–Crippen LogP) is 3.90. The van der Waals surface area contributed by atoms with Gasteiger partial charge < -0.3 is 5.11 Å². The van der Waals surface area contributed by atoms with Crippen LogP contribution < -0.4 is 0 Å². The van der Waals surface area contributed by atoms with Gasteiger partial charge in [0.25, 0.3) is 0 Å². The minimum atomic E-state index is -0.309. The zero-order chi connectivity index (χ0) is 10.9. The molecule has 0 radical (unpaired) electrons. The Morgan fingerprint density at radius 2 is 1.80 bits per heavy atom. The molecule has 0 saturated heterocycles. The van der Waals surface area contributed by atoms with Gasteiger partial charge in [-0.15, -0.1) is 0 Å². The molecule has 0 heterocycles. The van der Waals surface area contributed by atoms with Crippen LogP contribution in [0.25, 0.3) is 0 Å². The van der Waals surface area contributed by atoms with E-state index in [2.05, 4.69) is 13.8 Å². The molecule has 2 saturated carbocycles. The lowest BCUT2D eigenvalue weighted by Crippen LogP contribution is -2.28. The normalized spacial score (nSPS) is 36.2. The lowest BCUT2D eigenvalue weighted by molar-refractivity contribution is 0.0108. The van der Waals surface area contributed by atoms with Gasteiger partial charge in [-0.25, -0.2) is 0 Å². The average molecular weight is 210 g/mol. The van der Waals surface area contributed by atoms with Crippen LogP contribution in [0.1, 0.15) is 71.6 Å². The lowest BCUT2D eigenvalue weighted by Gasteiger charge is -2.28. The standard InChI is InChI=1S/C14H26O/c1-13(2)7-3-8-14(15,11-10-13)9-6-12-4-5-12/h12,15H,3-11H2,1-2H3. The predicted molar refractivity (Wildman–Crippen MR) is 63.8 cm³/mol. The van der Waals surface area contributed by atoms with Crippen molar-refractivity contribution in [3.05, 3.63) is 0 Å². The Hall–Kier alpha value is -0.0400. The van der Waals surface area contributed by atoms with Crippen molar-refractivity contribution in [2.45, 2.75) is 77.2 Å². The van der Waals surface area contributed by atoms with Crippen molar-refractivity contribution in [3.63, 3.8) is 0 Å². The summed E-state index contributed by atoms with van der Waals surface area (Å²) in [6.07, 6.45) is 11.0. The van der Waals surface area contributed by atoms with E-state index >= 15 is 0 Å². The van der Waals surface area contributed by atoms with E-state index in [1.54, 1.807) is 0 Å². The van der Waals surface area contributed by atoms with E-state index in [-0.39, 0.29) is 5.60 Å². The summed E-state index contributed by atoms with van der Waals surface area (Å²) in [4.78, 5) is 0. The monoisotopic (exact) mass is 210 g/mol. The maximum absolute atomic E-state index is 10.6. The van der Waals surface area contributed by atoms with Gasteiger partial charge in [-0.2, -0.15) is 0 Å². The van der Waals surface area contributed by atoms with E-state index in [1.165, 1.54) is 38.5 Å². The van der Waals surface area contributed by atoms with Crippen molar-refractivity contribution in [2.75, 3.05) is 0 Å². The van der Waals surface area contributed by atoms with Crippen LogP contribution in [-0.4, -0.2) is 10.7 Å². The Bertz CT molecular complexity index is 217. The van der Waals surface area contributed by atoms with Crippen LogP contribution in [0.2, 0.25) is 0 Å². The molecular weight excluding hydrogens is 184 g/mol. The van der Waals surface area contributed by atoms with Crippen LogP contribution in [-0.2, 0) is 0 Å². The molecule has 0 bridgehead atoms. The molecule has 1 heteroatoms. The van der Waals surface area contributed by atoms with E-state index < -0.39 is 0 Å². The van der Waals surface area contributed by atoms with Gasteiger partial charge in [0, 0.05) is 0 Å². The first-order valence-electron chi connectivity index (χ1n) is 6.72. The molecule has 1 unspecified atom stereocenters. The van der Waals surface area contributed by atoms with E-state index in [1.807, 2.05) is 0 Å². The first-order chi connectivity index (χ1) is 6.99. The second kappa shape index (κ2) is 4.08. The molecule has 1 nitrogen and oxygen atoms in total. The Balaban J connectivity index is 1.83. The van der Waals surface area contributed by atoms with Gasteiger partial charge in [0.05, 0.1) is 5.60 Å². The molecule has 0 aromatic carbocycles. The summed E-state index contributed by atoms with van der Waals surface area (Å²) in [6.45, 7) is 4.69. The number of hydrogen-bond donors (Lipinski definition) is 1. The highest BCUT2D eigenvalue weighted by Gasteiger charge is 2.35. The second-order valence-corrected chi connectivity index (χ2v) is 6.72. The van der Waals surface area contributed by atoms with Crippen LogP contribution in [0, 0.1) is 11.3 Å². The Kier molecular flexibility index (Phi) is 3.12. The molecule has 2 aliphatic rings. The number of aliphatic hydroxyl groups is 1. The quantitative estimate of drug-likeness (QED) is 0.700. The third kappa shape index (κ3) is 3.48. The minimum absolute atomic E-state index is 0.309. The van der Waals surface area contributed by atoms with Gasteiger partial charge in [-0.3, -0.25) is 0 Å². The highest BCUT2D eigenvalue weighted by Crippen LogP contribution is 2.42. The molecule has 0 aromatic rings. The molecule has 0 spiro atoms. The first-order valence-corrected chi connectivity index (χ1v) is 6.72. The molecular formula is C14H26O. The van der Waals surface area contributed by atoms with Crippen molar-refractivity contribution in [1.82, 2.24) is 0 Å². The molecule has 2 rings (SSSR count). The van der Waals surface area contributed by atoms with Gasteiger partial charge in [0.1, 0.15) is 0 Å².